The predicted octanol–water partition coefficient (Wildman–Crippen LogP) is 2.55. The molecule has 20 heavy (non-hydrogen) atoms. The Hall–Kier alpha value is -2.01. The summed E-state index contributed by atoms with van der Waals surface area (Å²) in [5.41, 5.74) is 14.4. The van der Waals surface area contributed by atoms with Crippen molar-refractivity contribution in [1.82, 2.24) is 0 Å². The molecule has 1 aliphatic rings. The fraction of sp³-hybridized carbons (Fsp3) is 0.267. The molecule has 0 spiro atoms. The van der Waals surface area contributed by atoms with Crippen LogP contribution >= 0.6 is 11.3 Å². The summed E-state index contributed by atoms with van der Waals surface area (Å²) in [4.78, 5) is 15.2. The van der Waals surface area contributed by atoms with Crippen molar-refractivity contribution in [2.75, 3.05) is 17.2 Å². The second-order valence-corrected chi connectivity index (χ2v) is 6.05. The Balaban J connectivity index is 1.98. The lowest BCUT2D eigenvalue weighted by atomic mass is 10.00. The van der Waals surface area contributed by atoms with Crippen molar-refractivity contribution in [3.8, 4) is 0 Å². The highest BCUT2D eigenvalue weighted by Gasteiger charge is 2.25. The molecule has 0 radical (unpaired) electrons. The van der Waals surface area contributed by atoms with Crippen LogP contribution in [0.4, 0.5) is 11.4 Å². The Kier molecular flexibility index (Phi) is 3.14. The molecule has 1 aromatic carbocycles. The summed E-state index contributed by atoms with van der Waals surface area (Å²) >= 11 is 1.82. The van der Waals surface area contributed by atoms with Crippen LogP contribution in [0.1, 0.15) is 33.8 Å². The minimum absolute atomic E-state index is 0.300. The Labute approximate surface area is 122 Å². The molecule has 1 aliphatic heterocycles. The van der Waals surface area contributed by atoms with Gasteiger partial charge in [0.2, 0.25) is 0 Å². The van der Waals surface area contributed by atoms with Gasteiger partial charge in [-0.2, -0.15) is 0 Å². The average molecular weight is 287 g/mol. The van der Waals surface area contributed by atoms with Crippen molar-refractivity contribution in [3.63, 3.8) is 0 Å². The van der Waals surface area contributed by atoms with E-state index >= 15 is 0 Å². The molecule has 2 heterocycles. The predicted molar refractivity (Wildman–Crippen MR) is 83.2 cm³/mol. The monoisotopic (exact) mass is 287 g/mol. The van der Waals surface area contributed by atoms with E-state index in [0.717, 1.165) is 18.7 Å². The molecule has 3 rings (SSSR count). The zero-order chi connectivity index (χ0) is 14.3. The SMILES string of the molecule is CC1c2ccsc2CCN1c1ccc(N)c(C(N)=O)c1. The van der Waals surface area contributed by atoms with Gasteiger partial charge in [-0.05, 0) is 48.6 Å². The number of amides is 1. The molecular weight excluding hydrogens is 270 g/mol. The number of benzene rings is 1. The lowest BCUT2D eigenvalue weighted by Crippen LogP contribution is -2.33. The molecule has 0 saturated carbocycles. The van der Waals surface area contributed by atoms with E-state index in [1.165, 1.54) is 10.4 Å². The maximum absolute atomic E-state index is 11.4. The average Bonchev–Trinajstić information content (AvgIpc) is 2.89. The number of nitrogens with two attached hydrogens (primary N) is 2. The molecule has 5 heteroatoms. The first-order chi connectivity index (χ1) is 9.58. The maximum atomic E-state index is 11.4. The third-order valence-electron chi connectivity index (χ3n) is 3.91. The summed E-state index contributed by atoms with van der Waals surface area (Å²) in [6.45, 7) is 3.13. The molecule has 4 N–H and O–H groups in total. The number of carbonyl (C=O) groups excluding carboxylic acids is 1. The number of rotatable bonds is 2. The Morgan fingerprint density at radius 2 is 2.20 bits per heavy atom. The molecule has 1 atom stereocenters. The molecule has 104 valence electrons. The standard InChI is InChI=1S/C15H17N3OS/c1-9-11-5-7-20-14(11)4-6-18(9)10-2-3-13(16)12(8-10)15(17)19/h2-3,5,7-9H,4,6,16H2,1H3,(H2,17,19). The van der Waals surface area contributed by atoms with Crippen molar-refractivity contribution in [1.29, 1.82) is 0 Å². The van der Waals surface area contributed by atoms with Gasteiger partial charge < -0.3 is 16.4 Å². The summed E-state index contributed by atoms with van der Waals surface area (Å²) in [6.07, 6.45) is 1.04. The number of thiophene rings is 1. The molecule has 1 aromatic heterocycles. The Morgan fingerprint density at radius 1 is 1.40 bits per heavy atom. The molecule has 0 bridgehead atoms. The van der Waals surface area contributed by atoms with Crippen molar-refractivity contribution >= 4 is 28.6 Å². The summed E-state index contributed by atoms with van der Waals surface area (Å²) in [5.74, 6) is -0.481. The minimum Gasteiger partial charge on any atom is -0.398 e. The highest BCUT2D eigenvalue weighted by atomic mass is 32.1. The van der Waals surface area contributed by atoms with Gasteiger partial charge in [0.15, 0.2) is 0 Å². The van der Waals surface area contributed by atoms with Crippen molar-refractivity contribution in [2.45, 2.75) is 19.4 Å². The molecular formula is C15H17N3OS. The van der Waals surface area contributed by atoms with Crippen LogP contribution in [0, 0.1) is 0 Å². The molecule has 2 aromatic rings. The second kappa shape index (κ2) is 4.83. The van der Waals surface area contributed by atoms with Crippen LogP contribution in [-0.2, 0) is 6.42 Å². The first-order valence-corrected chi connectivity index (χ1v) is 7.48. The number of nitrogens with zero attached hydrogens (tertiary/aromatic N) is 1. The van der Waals surface area contributed by atoms with Gasteiger partial charge in [-0.3, -0.25) is 4.79 Å². The normalized spacial score (nSPS) is 17.9. The number of carbonyl (C=O) groups is 1. The van der Waals surface area contributed by atoms with E-state index in [4.69, 9.17) is 11.5 Å². The Bertz CT molecular complexity index is 665. The third-order valence-corrected chi connectivity index (χ3v) is 4.91. The molecule has 1 unspecified atom stereocenters. The van der Waals surface area contributed by atoms with Crippen LogP contribution in [0.25, 0.3) is 0 Å². The number of anilines is 2. The summed E-state index contributed by atoms with van der Waals surface area (Å²) in [7, 11) is 0. The molecule has 0 saturated heterocycles. The number of nitrogen functional groups attached to an aromatic ring is 1. The van der Waals surface area contributed by atoms with Crippen LogP contribution in [0.3, 0.4) is 0 Å². The van der Waals surface area contributed by atoms with E-state index in [9.17, 15) is 4.79 Å². The quantitative estimate of drug-likeness (QED) is 0.834. The lowest BCUT2D eigenvalue weighted by Gasteiger charge is -2.35. The van der Waals surface area contributed by atoms with E-state index < -0.39 is 5.91 Å². The van der Waals surface area contributed by atoms with E-state index in [2.05, 4.69) is 23.3 Å². The molecule has 4 nitrogen and oxygen atoms in total. The van der Waals surface area contributed by atoms with Gasteiger partial charge in [0, 0.05) is 22.8 Å². The maximum Gasteiger partial charge on any atom is 0.250 e. The van der Waals surface area contributed by atoms with Gasteiger partial charge in [0.05, 0.1) is 11.6 Å². The van der Waals surface area contributed by atoms with Crippen LogP contribution in [0.15, 0.2) is 29.6 Å². The van der Waals surface area contributed by atoms with Crippen LogP contribution in [-0.4, -0.2) is 12.5 Å². The topological polar surface area (TPSA) is 72.3 Å². The number of fused-ring (bicyclic) bond motifs is 1. The highest BCUT2D eigenvalue weighted by Crippen LogP contribution is 2.36. The number of hydrogen-bond acceptors (Lipinski definition) is 4. The van der Waals surface area contributed by atoms with Crippen molar-refractivity contribution < 1.29 is 4.79 Å². The zero-order valence-corrected chi connectivity index (χ0v) is 12.1. The number of hydrogen-bond donors (Lipinski definition) is 2. The molecule has 0 aliphatic carbocycles. The van der Waals surface area contributed by atoms with Gasteiger partial charge in [-0.1, -0.05) is 0 Å². The van der Waals surface area contributed by atoms with Crippen LogP contribution in [0.5, 0.6) is 0 Å². The minimum atomic E-state index is -0.481. The summed E-state index contributed by atoms with van der Waals surface area (Å²) in [6, 6.07) is 7.99. The largest absolute Gasteiger partial charge is 0.398 e. The van der Waals surface area contributed by atoms with Crippen LogP contribution < -0.4 is 16.4 Å². The van der Waals surface area contributed by atoms with Gasteiger partial charge in [-0.15, -0.1) is 11.3 Å². The smallest absolute Gasteiger partial charge is 0.250 e. The van der Waals surface area contributed by atoms with Crippen LogP contribution in [0.2, 0.25) is 0 Å². The third kappa shape index (κ3) is 2.04. The van der Waals surface area contributed by atoms with E-state index in [1.54, 1.807) is 12.1 Å². The summed E-state index contributed by atoms with van der Waals surface area (Å²) in [5, 5.41) is 2.14. The van der Waals surface area contributed by atoms with E-state index in [1.807, 2.05) is 17.4 Å². The highest BCUT2D eigenvalue weighted by molar-refractivity contribution is 7.10. The fourth-order valence-corrected chi connectivity index (χ4v) is 3.76. The molecule has 1 amide bonds. The first-order valence-electron chi connectivity index (χ1n) is 6.60. The second-order valence-electron chi connectivity index (χ2n) is 5.05. The molecule has 0 fully saturated rings. The number of primary amides is 1. The Morgan fingerprint density at radius 3 is 2.95 bits per heavy atom. The lowest BCUT2D eigenvalue weighted by molar-refractivity contribution is 0.100. The first kappa shape index (κ1) is 13.0. The van der Waals surface area contributed by atoms with Crippen molar-refractivity contribution in [3.05, 3.63) is 45.6 Å². The van der Waals surface area contributed by atoms with E-state index in [0.29, 0.717) is 17.3 Å². The summed E-state index contributed by atoms with van der Waals surface area (Å²) < 4.78 is 0. The zero-order valence-electron chi connectivity index (χ0n) is 11.3. The fourth-order valence-electron chi connectivity index (χ4n) is 2.80. The van der Waals surface area contributed by atoms with Crippen molar-refractivity contribution in [2.24, 2.45) is 5.73 Å². The van der Waals surface area contributed by atoms with Gasteiger partial charge in [-0.25, -0.2) is 0 Å². The van der Waals surface area contributed by atoms with Gasteiger partial charge in [0.25, 0.3) is 5.91 Å². The van der Waals surface area contributed by atoms with E-state index in [-0.39, 0.29) is 0 Å². The van der Waals surface area contributed by atoms with Gasteiger partial charge >= 0.3 is 0 Å². The van der Waals surface area contributed by atoms with Gasteiger partial charge in [0.1, 0.15) is 0 Å².